The minimum absolute atomic E-state index is 0.0333. The van der Waals surface area contributed by atoms with E-state index in [-0.39, 0.29) is 17.0 Å². The molecule has 2 aliphatic carbocycles. The van der Waals surface area contributed by atoms with Gasteiger partial charge in [-0.05, 0) is 67.9 Å². The van der Waals surface area contributed by atoms with Crippen molar-refractivity contribution in [3.05, 3.63) is 34.6 Å². The van der Waals surface area contributed by atoms with Gasteiger partial charge in [0.15, 0.2) is 11.6 Å². The zero-order valence-electron chi connectivity index (χ0n) is 19.1. The Kier molecular flexibility index (Phi) is 9.13. The van der Waals surface area contributed by atoms with E-state index in [4.69, 9.17) is 0 Å². The molecule has 0 heterocycles. The lowest BCUT2D eigenvalue weighted by Gasteiger charge is -2.32. The van der Waals surface area contributed by atoms with Crippen molar-refractivity contribution in [3.8, 4) is 0 Å². The Labute approximate surface area is 182 Å². The lowest BCUT2D eigenvalue weighted by atomic mass is 9.73. The average Bonchev–Trinajstić information content (AvgIpc) is 2.77. The maximum absolute atomic E-state index is 14.3. The van der Waals surface area contributed by atoms with Gasteiger partial charge in [-0.25, -0.2) is 13.2 Å². The first-order valence-electron chi connectivity index (χ1n) is 12.6. The quantitative estimate of drug-likeness (QED) is 0.275. The van der Waals surface area contributed by atoms with Crippen molar-refractivity contribution in [1.82, 2.24) is 0 Å². The molecular weight excluding hydrogens is 381 g/mol. The summed E-state index contributed by atoms with van der Waals surface area (Å²) in [7, 11) is 0. The van der Waals surface area contributed by atoms with Crippen LogP contribution in [0.5, 0.6) is 0 Å². The van der Waals surface area contributed by atoms with Gasteiger partial charge in [0.1, 0.15) is 5.82 Å². The Morgan fingerprint density at radius 2 is 1.23 bits per heavy atom. The van der Waals surface area contributed by atoms with Crippen LogP contribution in [0.25, 0.3) is 0 Å². The highest BCUT2D eigenvalue weighted by Crippen LogP contribution is 2.41. The van der Waals surface area contributed by atoms with Gasteiger partial charge in [0.25, 0.3) is 0 Å². The molecule has 2 saturated carbocycles. The largest absolute Gasteiger partial charge is 0.207 e. The van der Waals surface area contributed by atoms with E-state index in [1.807, 2.05) is 0 Å². The lowest BCUT2D eigenvalue weighted by molar-refractivity contribution is 0.221. The van der Waals surface area contributed by atoms with Gasteiger partial charge in [0.2, 0.25) is 0 Å². The standard InChI is InChI=1S/C27H41F3/c1-3-4-5-6-7-20-8-10-21(11-9-20)12-13-22-14-16-23(17-15-22)24-18-25(28)19(2)26(29)27(24)30/h18,20-23H,3-17H2,1-2H3. The van der Waals surface area contributed by atoms with Crippen LogP contribution in [-0.4, -0.2) is 0 Å². The number of hydrogen-bond acceptors (Lipinski definition) is 0. The van der Waals surface area contributed by atoms with E-state index in [1.54, 1.807) is 0 Å². The summed E-state index contributed by atoms with van der Waals surface area (Å²) in [5, 5.41) is 0. The molecule has 2 fully saturated rings. The van der Waals surface area contributed by atoms with Crippen molar-refractivity contribution in [1.29, 1.82) is 0 Å². The highest BCUT2D eigenvalue weighted by molar-refractivity contribution is 5.30. The number of halogens is 3. The zero-order chi connectivity index (χ0) is 21.5. The molecule has 0 radical (unpaired) electrons. The number of rotatable bonds is 9. The van der Waals surface area contributed by atoms with Gasteiger partial charge in [-0.1, -0.05) is 77.6 Å². The molecule has 3 heteroatoms. The molecule has 0 amide bonds. The molecule has 0 unspecified atom stereocenters. The second-order valence-electron chi connectivity index (χ2n) is 10.2. The summed E-state index contributed by atoms with van der Waals surface area (Å²) in [6.07, 6.45) is 19.1. The lowest BCUT2D eigenvalue weighted by Crippen LogP contribution is -2.18. The van der Waals surface area contributed by atoms with Gasteiger partial charge in [-0.2, -0.15) is 0 Å². The molecule has 2 aliphatic rings. The molecule has 0 nitrogen and oxygen atoms in total. The van der Waals surface area contributed by atoms with Gasteiger partial charge in [-0.3, -0.25) is 0 Å². The van der Waals surface area contributed by atoms with E-state index in [0.717, 1.165) is 37.5 Å². The third-order valence-corrected chi connectivity index (χ3v) is 8.12. The highest BCUT2D eigenvalue weighted by atomic mass is 19.2. The SMILES string of the molecule is CCCCCCC1CCC(CCC2CCC(c3cc(F)c(C)c(F)c3F)CC2)CC1. The van der Waals surface area contributed by atoms with E-state index >= 15 is 0 Å². The summed E-state index contributed by atoms with van der Waals surface area (Å²) in [6.45, 7) is 3.58. The van der Waals surface area contributed by atoms with Crippen molar-refractivity contribution >= 4 is 0 Å². The van der Waals surface area contributed by atoms with Crippen LogP contribution in [0.3, 0.4) is 0 Å². The summed E-state index contributed by atoms with van der Waals surface area (Å²) < 4.78 is 42.1. The van der Waals surface area contributed by atoms with Crippen molar-refractivity contribution in [2.24, 2.45) is 17.8 Å². The molecule has 3 rings (SSSR count). The molecule has 0 aliphatic heterocycles. The van der Waals surface area contributed by atoms with Crippen LogP contribution < -0.4 is 0 Å². The second-order valence-corrected chi connectivity index (χ2v) is 10.2. The van der Waals surface area contributed by atoms with Crippen molar-refractivity contribution in [3.63, 3.8) is 0 Å². The van der Waals surface area contributed by atoms with Crippen molar-refractivity contribution in [2.75, 3.05) is 0 Å². The molecule has 0 aromatic heterocycles. The maximum Gasteiger partial charge on any atom is 0.164 e. The van der Waals surface area contributed by atoms with Crippen LogP contribution >= 0.6 is 0 Å². The van der Waals surface area contributed by atoms with Crippen molar-refractivity contribution < 1.29 is 13.2 Å². The van der Waals surface area contributed by atoms with Crippen LogP contribution in [0.15, 0.2) is 6.07 Å². The smallest absolute Gasteiger partial charge is 0.164 e. The van der Waals surface area contributed by atoms with Crippen molar-refractivity contribution in [2.45, 2.75) is 116 Å². The minimum Gasteiger partial charge on any atom is -0.207 e. The van der Waals surface area contributed by atoms with Gasteiger partial charge >= 0.3 is 0 Å². The second kappa shape index (κ2) is 11.6. The fourth-order valence-electron chi connectivity index (χ4n) is 5.90. The van der Waals surface area contributed by atoms with Gasteiger partial charge in [0, 0.05) is 5.56 Å². The minimum atomic E-state index is -1.01. The Hall–Kier alpha value is -0.990. The molecular formula is C27H41F3. The number of benzene rings is 1. The fraction of sp³-hybridized carbons (Fsp3) is 0.778. The molecule has 0 atom stereocenters. The Bertz CT molecular complexity index is 653. The maximum atomic E-state index is 14.3. The van der Waals surface area contributed by atoms with Crippen LogP contribution in [0.1, 0.15) is 120 Å². The monoisotopic (exact) mass is 422 g/mol. The zero-order valence-corrected chi connectivity index (χ0v) is 19.1. The van der Waals surface area contributed by atoms with E-state index in [2.05, 4.69) is 6.92 Å². The first-order chi connectivity index (χ1) is 14.5. The Balaban J connectivity index is 1.36. The Morgan fingerprint density at radius 3 is 1.80 bits per heavy atom. The van der Waals surface area contributed by atoms with Gasteiger partial charge in [0.05, 0.1) is 0 Å². The highest BCUT2D eigenvalue weighted by Gasteiger charge is 2.28. The van der Waals surface area contributed by atoms with Gasteiger partial charge in [-0.15, -0.1) is 0 Å². The summed E-state index contributed by atoms with van der Waals surface area (Å²) in [5.74, 6) is 0.0835. The van der Waals surface area contributed by atoms with Gasteiger partial charge < -0.3 is 0 Å². The Morgan fingerprint density at radius 1 is 0.700 bits per heavy atom. The first-order valence-corrected chi connectivity index (χ1v) is 12.6. The van der Waals surface area contributed by atoms with Crippen LogP contribution in [0, 0.1) is 42.1 Å². The molecule has 0 spiro atoms. The van der Waals surface area contributed by atoms with E-state index in [1.165, 1.54) is 83.6 Å². The fourth-order valence-corrected chi connectivity index (χ4v) is 5.90. The van der Waals surface area contributed by atoms with E-state index in [9.17, 15) is 13.2 Å². The van der Waals surface area contributed by atoms with E-state index < -0.39 is 17.5 Å². The van der Waals surface area contributed by atoms with Crippen LogP contribution in [-0.2, 0) is 0 Å². The summed E-state index contributed by atoms with van der Waals surface area (Å²) >= 11 is 0. The molecule has 170 valence electrons. The van der Waals surface area contributed by atoms with Crippen LogP contribution in [0.4, 0.5) is 13.2 Å². The topological polar surface area (TPSA) is 0 Å². The molecule has 0 N–H and O–H groups in total. The third-order valence-electron chi connectivity index (χ3n) is 8.12. The van der Waals surface area contributed by atoms with E-state index in [0.29, 0.717) is 5.92 Å². The number of unbranched alkanes of at least 4 members (excludes halogenated alkanes) is 3. The molecule has 0 bridgehead atoms. The third kappa shape index (κ3) is 6.26. The molecule has 1 aromatic rings. The summed E-state index contributed by atoms with van der Waals surface area (Å²) in [4.78, 5) is 0. The first kappa shape index (κ1) is 23.7. The molecule has 0 saturated heterocycles. The van der Waals surface area contributed by atoms with Crippen LogP contribution in [0.2, 0.25) is 0 Å². The predicted octanol–water partition coefficient (Wildman–Crippen LogP) is 9.24. The predicted molar refractivity (Wildman–Crippen MR) is 119 cm³/mol. The average molecular weight is 423 g/mol. The molecule has 1 aromatic carbocycles. The molecule has 30 heavy (non-hydrogen) atoms. The summed E-state index contributed by atoms with van der Waals surface area (Å²) in [5.41, 5.74) is 0.0481. The number of hydrogen-bond donors (Lipinski definition) is 0. The summed E-state index contributed by atoms with van der Waals surface area (Å²) in [6, 6.07) is 1.24. The normalized spacial score (nSPS) is 27.4.